The number of carboxylic acids is 1. The number of rotatable bonds is 5. The predicted octanol–water partition coefficient (Wildman–Crippen LogP) is 0.252. The van der Waals surface area contributed by atoms with Crippen molar-refractivity contribution in [3.63, 3.8) is 0 Å². The monoisotopic (exact) mass is 280 g/mol. The first kappa shape index (κ1) is 14.7. The Morgan fingerprint density at radius 2 is 2.05 bits per heavy atom. The molecule has 1 aliphatic heterocycles. The van der Waals surface area contributed by atoms with Crippen LogP contribution >= 0.6 is 0 Å². The Morgan fingerprint density at radius 1 is 1.35 bits per heavy atom. The average molecular weight is 280 g/mol. The minimum atomic E-state index is -1.09. The Balaban J connectivity index is 2.01. The van der Waals surface area contributed by atoms with Gasteiger partial charge in [0.25, 0.3) is 0 Å². The van der Waals surface area contributed by atoms with Gasteiger partial charge in [0.1, 0.15) is 5.82 Å². The zero-order valence-corrected chi connectivity index (χ0v) is 11.9. The van der Waals surface area contributed by atoms with Crippen LogP contribution in [0, 0.1) is 6.92 Å². The molecule has 0 bridgehead atoms. The highest BCUT2D eigenvalue weighted by Crippen LogP contribution is 2.15. The van der Waals surface area contributed by atoms with Crippen molar-refractivity contribution in [3.05, 3.63) is 17.6 Å². The van der Waals surface area contributed by atoms with Crippen LogP contribution in [0.2, 0.25) is 0 Å². The summed E-state index contributed by atoms with van der Waals surface area (Å²) < 4.78 is 5.07. The van der Waals surface area contributed by atoms with E-state index in [4.69, 9.17) is 9.84 Å². The number of carbonyl (C=O) groups is 1. The average Bonchev–Trinajstić information content (AvgIpc) is 2.45. The minimum absolute atomic E-state index is 0.137. The Kier molecular flexibility index (Phi) is 4.86. The Labute approximate surface area is 118 Å². The van der Waals surface area contributed by atoms with E-state index >= 15 is 0 Å². The second-order valence-corrected chi connectivity index (χ2v) is 4.82. The van der Waals surface area contributed by atoms with E-state index in [-0.39, 0.29) is 5.82 Å². The summed E-state index contributed by atoms with van der Waals surface area (Å²) in [5.74, 6) is -0.531. The van der Waals surface area contributed by atoms with E-state index in [0.717, 1.165) is 39.3 Å². The largest absolute Gasteiger partial charge is 0.475 e. The summed E-state index contributed by atoms with van der Waals surface area (Å²) in [7, 11) is 1.70. The van der Waals surface area contributed by atoms with Crippen molar-refractivity contribution in [3.8, 4) is 0 Å². The number of aromatic carboxylic acids is 1. The normalized spacial score (nSPS) is 16.4. The van der Waals surface area contributed by atoms with Crippen LogP contribution in [-0.2, 0) is 4.74 Å². The van der Waals surface area contributed by atoms with E-state index in [1.165, 1.54) is 0 Å². The molecule has 7 nitrogen and oxygen atoms in total. The van der Waals surface area contributed by atoms with Gasteiger partial charge >= 0.3 is 5.97 Å². The molecule has 0 aromatic carbocycles. The highest BCUT2D eigenvalue weighted by Gasteiger charge is 2.19. The molecule has 20 heavy (non-hydrogen) atoms. The predicted molar refractivity (Wildman–Crippen MR) is 74.3 cm³/mol. The number of carboxylic acid groups (broad SMARTS) is 1. The van der Waals surface area contributed by atoms with E-state index in [1.54, 1.807) is 14.0 Å². The molecule has 1 fully saturated rings. The third kappa shape index (κ3) is 3.64. The molecule has 0 spiro atoms. The molecule has 1 N–H and O–H groups in total. The number of aromatic nitrogens is 2. The summed E-state index contributed by atoms with van der Waals surface area (Å²) in [5, 5.41) is 9.01. The Morgan fingerprint density at radius 3 is 2.65 bits per heavy atom. The zero-order valence-electron chi connectivity index (χ0n) is 11.9. The molecule has 0 radical (unpaired) electrons. The van der Waals surface area contributed by atoms with Crippen molar-refractivity contribution in [2.75, 3.05) is 51.3 Å². The Bertz CT molecular complexity index is 473. The Hall–Kier alpha value is -1.73. The van der Waals surface area contributed by atoms with Gasteiger partial charge in [-0.1, -0.05) is 0 Å². The maximum Gasteiger partial charge on any atom is 0.374 e. The van der Waals surface area contributed by atoms with Gasteiger partial charge in [0, 0.05) is 51.6 Å². The number of piperazine rings is 1. The van der Waals surface area contributed by atoms with E-state index in [2.05, 4.69) is 19.8 Å². The van der Waals surface area contributed by atoms with Crippen LogP contribution in [0.5, 0.6) is 0 Å². The number of hydrogen-bond donors (Lipinski definition) is 1. The molecule has 1 aromatic rings. The molecule has 0 saturated carbocycles. The van der Waals surface area contributed by atoms with Gasteiger partial charge in [-0.3, -0.25) is 4.90 Å². The number of hydrogen-bond acceptors (Lipinski definition) is 6. The van der Waals surface area contributed by atoms with Gasteiger partial charge in [-0.25, -0.2) is 14.8 Å². The summed E-state index contributed by atoms with van der Waals surface area (Å²) in [4.78, 5) is 23.5. The van der Waals surface area contributed by atoms with Crippen LogP contribution in [0.4, 0.5) is 5.82 Å². The summed E-state index contributed by atoms with van der Waals surface area (Å²) in [6.07, 6.45) is 0. The highest BCUT2D eigenvalue weighted by atomic mass is 16.5. The van der Waals surface area contributed by atoms with Crippen LogP contribution in [0.15, 0.2) is 6.07 Å². The topological polar surface area (TPSA) is 78.8 Å². The fourth-order valence-corrected chi connectivity index (χ4v) is 2.23. The van der Waals surface area contributed by atoms with E-state index in [9.17, 15) is 4.79 Å². The third-order valence-corrected chi connectivity index (χ3v) is 3.34. The van der Waals surface area contributed by atoms with Crippen molar-refractivity contribution in [1.82, 2.24) is 14.9 Å². The van der Waals surface area contributed by atoms with E-state index in [1.807, 2.05) is 6.07 Å². The maximum absolute atomic E-state index is 11.0. The molecule has 0 amide bonds. The molecule has 2 rings (SSSR count). The second kappa shape index (κ2) is 6.62. The molecule has 0 unspecified atom stereocenters. The third-order valence-electron chi connectivity index (χ3n) is 3.34. The van der Waals surface area contributed by atoms with E-state index < -0.39 is 5.97 Å². The molecular weight excluding hydrogens is 260 g/mol. The molecule has 1 saturated heterocycles. The number of anilines is 1. The van der Waals surface area contributed by atoms with Crippen molar-refractivity contribution < 1.29 is 14.6 Å². The van der Waals surface area contributed by atoms with Gasteiger partial charge in [0.05, 0.1) is 6.61 Å². The standard InChI is InChI=1S/C13H20N4O3/c1-10-9-11(15-12(14-10)13(18)19)17-5-3-16(4-6-17)7-8-20-2/h9H,3-8H2,1-2H3,(H,18,19). The number of nitrogens with zero attached hydrogens (tertiary/aromatic N) is 4. The molecule has 0 atom stereocenters. The summed E-state index contributed by atoms with van der Waals surface area (Å²) in [5.41, 5.74) is 0.675. The molecule has 7 heteroatoms. The van der Waals surface area contributed by atoms with E-state index in [0.29, 0.717) is 11.5 Å². The summed E-state index contributed by atoms with van der Waals surface area (Å²) >= 11 is 0. The second-order valence-electron chi connectivity index (χ2n) is 4.82. The lowest BCUT2D eigenvalue weighted by atomic mass is 10.3. The molecular formula is C13H20N4O3. The van der Waals surface area contributed by atoms with Gasteiger partial charge in [-0.2, -0.15) is 0 Å². The van der Waals surface area contributed by atoms with Crippen molar-refractivity contribution in [2.45, 2.75) is 6.92 Å². The van der Waals surface area contributed by atoms with Crippen LogP contribution in [0.3, 0.4) is 0 Å². The maximum atomic E-state index is 11.0. The molecule has 1 aromatic heterocycles. The number of aryl methyl sites for hydroxylation is 1. The highest BCUT2D eigenvalue weighted by molar-refractivity contribution is 5.83. The van der Waals surface area contributed by atoms with Crippen LogP contribution < -0.4 is 4.90 Å². The van der Waals surface area contributed by atoms with Crippen LogP contribution in [0.1, 0.15) is 16.3 Å². The van der Waals surface area contributed by atoms with Gasteiger partial charge in [-0.05, 0) is 6.92 Å². The molecule has 110 valence electrons. The van der Waals surface area contributed by atoms with Crippen LogP contribution in [0.25, 0.3) is 0 Å². The molecule has 2 heterocycles. The minimum Gasteiger partial charge on any atom is -0.475 e. The fraction of sp³-hybridized carbons (Fsp3) is 0.615. The fourth-order valence-electron chi connectivity index (χ4n) is 2.23. The lowest BCUT2D eigenvalue weighted by molar-refractivity contribution is 0.0683. The first-order chi connectivity index (χ1) is 9.60. The van der Waals surface area contributed by atoms with Gasteiger partial charge in [0.15, 0.2) is 0 Å². The van der Waals surface area contributed by atoms with Crippen molar-refractivity contribution >= 4 is 11.8 Å². The zero-order chi connectivity index (χ0) is 14.5. The SMILES string of the molecule is COCCN1CCN(c2cc(C)nc(C(=O)O)n2)CC1. The quantitative estimate of drug-likeness (QED) is 0.828. The lowest BCUT2D eigenvalue weighted by Gasteiger charge is -2.35. The van der Waals surface area contributed by atoms with Gasteiger partial charge in [-0.15, -0.1) is 0 Å². The number of ether oxygens (including phenoxy) is 1. The van der Waals surface area contributed by atoms with Gasteiger partial charge in [0.2, 0.25) is 5.82 Å². The summed E-state index contributed by atoms with van der Waals surface area (Å²) in [6.45, 7) is 6.96. The molecule has 1 aliphatic rings. The first-order valence-corrected chi connectivity index (χ1v) is 6.65. The van der Waals surface area contributed by atoms with Crippen LogP contribution in [-0.4, -0.2) is 72.4 Å². The van der Waals surface area contributed by atoms with Crippen molar-refractivity contribution in [1.29, 1.82) is 0 Å². The molecule has 0 aliphatic carbocycles. The first-order valence-electron chi connectivity index (χ1n) is 6.65. The lowest BCUT2D eigenvalue weighted by Crippen LogP contribution is -2.47. The van der Waals surface area contributed by atoms with Crippen molar-refractivity contribution in [2.24, 2.45) is 0 Å². The smallest absolute Gasteiger partial charge is 0.374 e. The number of methoxy groups -OCH3 is 1. The summed E-state index contributed by atoms with van der Waals surface area (Å²) in [6, 6.07) is 1.83. The van der Waals surface area contributed by atoms with Gasteiger partial charge < -0.3 is 14.7 Å².